The molecular formula is C31H37N7O3. The summed E-state index contributed by atoms with van der Waals surface area (Å²) < 4.78 is 7.05. The normalized spacial score (nSPS) is 13.1. The smallest absolute Gasteiger partial charge is 0.292 e. The van der Waals surface area contributed by atoms with Gasteiger partial charge in [-0.25, -0.2) is 4.68 Å². The fraction of sp³-hybridized carbons (Fsp3) is 0.387. The van der Waals surface area contributed by atoms with Gasteiger partial charge in [-0.05, 0) is 53.1 Å². The molecule has 0 radical (unpaired) electrons. The molecule has 10 nitrogen and oxygen atoms in total. The highest BCUT2D eigenvalue weighted by Gasteiger charge is 2.27. The molecule has 0 atom stereocenters. The molecule has 4 aromatic rings. The molecule has 2 aromatic heterocycles. The molecule has 0 saturated carbocycles. The Balaban J connectivity index is 1.38. The van der Waals surface area contributed by atoms with Crippen LogP contribution in [0.15, 0.2) is 40.9 Å². The van der Waals surface area contributed by atoms with Crippen LogP contribution in [0.2, 0.25) is 0 Å². The van der Waals surface area contributed by atoms with Gasteiger partial charge < -0.3 is 20.9 Å². The lowest BCUT2D eigenvalue weighted by Gasteiger charge is -2.21. The van der Waals surface area contributed by atoms with Gasteiger partial charge in [0.25, 0.3) is 17.6 Å². The molecule has 0 unspecified atom stereocenters. The highest BCUT2D eigenvalue weighted by molar-refractivity contribution is 6.04. The second kappa shape index (κ2) is 10.2. The van der Waals surface area contributed by atoms with Crippen LogP contribution >= 0.6 is 0 Å². The predicted octanol–water partition coefficient (Wildman–Crippen LogP) is 5.17. The Morgan fingerprint density at radius 3 is 2.46 bits per heavy atom. The molecular weight excluding hydrogens is 518 g/mol. The number of benzene rings is 2. The van der Waals surface area contributed by atoms with Crippen molar-refractivity contribution in [2.75, 3.05) is 5.32 Å². The minimum absolute atomic E-state index is 0.00138. The summed E-state index contributed by atoms with van der Waals surface area (Å²) in [5.74, 6) is 0.0337. The third kappa shape index (κ3) is 5.59. The van der Waals surface area contributed by atoms with Crippen LogP contribution in [0.3, 0.4) is 0 Å². The summed E-state index contributed by atoms with van der Waals surface area (Å²) in [6.45, 7) is 15.2. The Morgan fingerprint density at radius 1 is 1.07 bits per heavy atom. The quantitative estimate of drug-likeness (QED) is 0.309. The van der Waals surface area contributed by atoms with E-state index in [1.807, 2.05) is 50.6 Å². The number of fused-ring (bicyclic) bond motifs is 2. The van der Waals surface area contributed by atoms with Crippen molar-refractivity contribution in [3.05, 3.63) is 75.9 Å². The Labute approximate surface area is 239 Å². The van der Waals surface area contributed by atoms with Crippen LogP contribution in [-0.2, 0) is 30.3 Å². The van der Waals surface area contributed by atoms with E-state index in [0.717, 1.165) is 28.8 Å². The van der Waals surface area contributed by atoms with Crippen molar-refractivity contribution in [3.63, 3.8) is 0 Å². The first-order valence-corrected chi connectivity index (χ1v) is 13.8. The number of anilines is 2. The van der Waals surface area contributed by atoms with Crippen molar-refractivity contribution >= 4 is 23.3 Å². The van der Waals surface area contributed by atoms with E-state index in [0.29, 0.717) is 29.5 Å². The summed E-state index contributed by atoms with van der Waals surface area (Å²) in [6.07, 6.45) is 0.772. The van der Waals surface area contributed by atoms with Gasteiger partial charge in [0, 0.05) is 29.8 Å². The number of nitrogens with one attached hydrogen (secondary N) is 2. The number of carbonyl (C=O) groups is 2. The number of rotatable bonds is 5. The van der Waals surface area contributed by atoms with E-state index in [9.17, 15) is 9.59 Å². The molecule has 0 aliphatic carbocycles. The second-order valence-electron chi connectivity index (χ2n) is 12.7. The van der Waals surface area contributed by atoms with E-state index >= 15 is 0 Å². The first-order chi connectivity index (χ1) is 19.2. The van der Waals surface area contributed by atoms with Crippen LogP contribution in [0.4, 0.5) is 11.5 Å². The average Bonchev–Trinajstić information content (AvgIpc) is 3.49. The minimum atomic E-state index is -0.549. The van der Waals surface area contributed by atoms with E-state index in [2.05, 4.69) is 59.7 Å². The summed E-state index contributed by atoms with van der Waals surface area (Å²) in [6, 6.07) is 12.2. The Kier molecular flexibility index (Phi) is 6.97. The van der Waals surface area contributed by atoms with E-state index in [-0.39, 0.29) is 23.2 Å². The zero-order chi connectivity index (χ0) is 29.7. The van der Waals surface area contributed by atoms with Crippen molar-refractivity contribution in [2.45, 2.75) is 78.8 Å². The number of hydrogen-bond acceptors (Lipinski definition) is 7. The number of hydrogen-bond donors (Lipinski definition) is 3. The van der Waals surface area contributed by atoms with Gasteiger partial charge in [0.1, 0.15) is 17.1 Å². The molecule has 0 bridgehead atoms. The Morgan fingerprint density at radius 2 is 1.83 bits per heavy atom. The molecule has 41 heavy (non-hydrogen) atoms. The monoisotopic (exact) mass is 555 g/mol. The third-order valence-corrected chi connectivity index (χ3v) is 7.34. The second-order valence-corrected chi connectivity index (χ2v) is 12.7. The van der Waals surface area contributed by atoms with Gasteiger partial charge in [-0.15, -0.1) is 0 Å². The average molecular weight is 556 g/mol. The molecule has 0 saturated heterocycles. The van der Waals surface area contributed by atoms with Gasteiger partial charge in [-0.2, -0.15) is 10.1 Å². The van der Waals surface area contributed by atoms with Crippen LogP contribution in [0.1, 0.15) is 90.7 Å². The lowest BCUT2D eigenvalue weighted by molar-refractivity contribution is 0.0936. The zero-order valence-corrected chi connectivity index (χ0v) is 24.7. The summed E-state index contributed by atoms with van der Waals surface area (Å²) in [5.41, 5.74) is 12.5. The van der Waals surface area contributed by atoms with Crippen LogP contribution in [0.25, 0.3) is 11.3 Å². The van der Waals surface area contributed by atoms with E-state index < -0.39 is 11.8 Å². The minimum Gasteiger partial charge on any atom is -0.365 e. The molecule has 214 valence electrons. The number of nitrogens with zero attached hydrogens (tertiary/aromatic N) is 4. The fourth-order valence-corrected chi connectivity index (χ4v) is 4.85. The van der Waals surface area contributed by atoms with Crippen LogP contribution in [-0.4, -0.2) is 31.7 Å². The van der Waals surface area contributed by atoms with Gasteiger partial charge in [-0.3, -0.25) is 9.59 Å². The molecule has 1 aliphatic rings. The molecule has 4 N–H and O–H groups in total. The van der Waals surface area contributed by atoms with Crippen LogP contribution < -0.4 is 16.4 Å². The van der Waals surface area contributed by atoms with Crippen molar-refractivity contribution < 1.29 is 14.1 Å². The number of aromatic nitrogens is 4. The van der Waals surface area contributed by atoms with Crippen molar-refractivity contribution in [1.82, 2.24) is 25.2 Å². The highest BCUT2D eigenvalue weighted by Crippen LogP contribution is 2.36. The van der Waals surface area contributed by atoms with Gasteiger partial charge in [0.15, 0.2) is 0 Å². The molecule has 2 aromatic carbocycles. The maximum atomic E-state index is 12.7. The zero-order valence-electron chi connectivity index (χ0n) is 24.7. The molecule has 10 heteroatoms. The van der Waals surface area contributed by atoms with Gasteiger partial charge in [-0.1, -0.05) is 71.0 Å². The molecule has 1 aliphatic heterocycles. The SMILES string of the molecule is Cc1cc(-c2nn3c(c2C(N)=O)Nc2ccc(C(C)(C)C)cc2CC3)ccc1CNC(=O)c1noc(C(C)(C)C)n1. The lowest BCUT2D eigenvalue weighted by Crippen LogP contribution is -2.24. The van der Waals surface area contributed by atoms with Crippen LogP contribution in [0.5, 0.6) is 0 Å². The van der Waals surface area contributed by atoms with E-state index in [1.165, 1.54) is 11.1 Å². The van der Waals surface area contributed by atoms with Crippen molar-refractivity contribution in [2.24, 2.45) is 5.73 Å². The summed E-state index contributed by atoms with van der Waals surface area (Å²) in [5, 5.41) is 14.9. The Hall–Kier alpha value is -4.47. The standard InChI is InChI=1S/C31H37N7O3/c1-17-14-19(8-9-20(17)16-33-28(40)26-35-29(41-37-26)31(5,6)7)24-23(25(32)39)27-34-22-11-10-21(30(2,3)4)15-18(22)12-13-38(27)36-24/h8-11,14-15,34H,12-13,16H2,1-7H3,(H2,32,39)(H,33,40). The largest absolute Gasteiger partial charge is 0.365 e. The van der Waals surface area contributed by atoms with Crippen molar-refractivity contribution in [1.29, 1.82) is 0 Å². The van der Waals surface area contributed by atoms with E-state index in [1.54, 1.807) is 0 Å². The number of carbonyl (C=O) groups excluding carboxylic acids is 2. The third-order valence-electron chi connectivity index (χ3n) is 7.34. The highest BCUT2D eigenvalue weighted by atomic mass is 16.5. The molecule has 5 rings (SSSR count). The first-order valence-electron chi connectivity index (χ1n) is 13.8. The molecule has 2 amide bonds. The topological polar surface area (TPSA) is 141 Å². The Bertz CT molecular complexity index is 1650. The number of nitrogens with two attached hydrogens (primary N) is 1. The first kappa shape index (κ1) is 28.1. The molecule has 0 fully saturated rings. The summed E-state index contributed by atoms with van der Waals surface area (Å²) >= 11 is 0. The summed E-state index contributed by atoms with van der Waals surface area (Å²) in [4.78, 5) is 29.5. The number of primary amides is 1. The summed E-state index contributed by atoms with van der Waals surface area (Å²) in [7, 11) is 0. The number of amides is 2. The number of aryl methyl sites for hydroxylation is 3. The lowest BCUT2D eigenvalue weighted by atomic mass is 9.85. The van der Waals surface area contributed by atoms with Crippen LogP contribution in [0, 0.1) is 6.92 Å². The van der Waals surface area contributed by atoms with Gasteiger partial charge >= 0.3 is 0 Å². The molecule has 3 heterocycles. The predicted molar refractivity (Wildman–Crippen MR) is 157 cm³/mol. The maximum Gasteiger partial charge on any atom is 0.292 e. The van der Waals surface area contributed by atoms with Gasteiger partial charge in [0.05, 0.1) is 0 Å². The molecule has 0 spiro atoms. The van der Waals surface area contributed by atoms with Crippen molar-refractivity contribution in [3.8, 4) is 11.3 Å². The maximum absolute atomic E-state index is 12.7. The van der Waals surface area contributed by atoms with Gasteiger partial charge in [0.2, 0.25) is 5.89 Å². The van der Waals surface area contributed by atoms with E-state index in [4.69, 9.17) is 15.4 Å². The fourth-order valence-electron chi connectivity index (χ4n) is 4.85.